The van der Waals surface area contributed by atoms with E-state index >= 15 is 0 Å². The van der Waals surface area contributed by atoms with Gasteiger partial charge in [0.15, 0.2) is 5.78 Å². The van der Waals surface area contributed by atoms with E-state index in [9.17, 15) is 4.79 Å². The molecule has 0 atom stereocenters. The fraction of sp³-hybridized carbons (Fsp3) is 0.357. The van der Waals surface area contributed by atoms with Gasteiger partial charge in [-0.25, -0.2) is 0 Å². The number of ether oxygens (including phenoxy) is 1. The monoisotopic (exact) mass is 252 g/mol. The van der Waals surface area contributed by atoms with Gasteiger partial charge in [-0.15, -0.1) is 0 Å². The maximum Gasteiger partial charge on any atom is 0.189 e. The number of halogens is 1. The molecule has 0 aliphatic rings. The van der Waals surface area contributed by atoms with Gasteiger partial charge in [-0.2, -0.15) is 0 Å². The largest absolute Gasteiger partial charge is 0.493 e. The van der Waals surface area contributed by atoms with Crippen LogP contribution in [0.15, 0.2) is 18.7 Å². The average molecular weight is 253 g/mol. The fourth-order valence-corrected chi connectivity index (χ4v) is 1.81. The van der Waals surface area contributed by atoms with E-state index in [-0.39, 0.29) is 5.78 Å². The first-order chi connectivity index (χ1) is 8.02. The topological polar surface area (TPSA) is 26.3 Å². The van der Waals surface area contributed by atoms with Crippen LogP contribution in [0.4, 0.5) is 0 Å². The summed E-state index contributed by atoms with van der Waals surface area (Å²) in [5.74, 6) is 0.437. The lowest BCUT2D eigenvalue weighted by atomic mass is 10.0. The molecule has 0 aromatic heterocycles. The Hall–Kier alpha value is -1.28. The summed E-state index contributed by atoms with van der Waals surface area (Å²) < 4.78 is 5.60. The molecule has 0 aliphatic carbocycles. The molecule has 0 saturated carbocycles. The Labute approximate surface area is 107 Å². The number of carbonyl (C=O) groups is 1. The van der Waals surface area contributed by atoms with Gasteiger partial charge in [-0.05, 0) is 43.5 Å². The van der Waals surface area contributed by atoms with E-state index in [1.54, 1.807) is 0 Å². The Kier molecular flexibility index (Phi) is 4.76. The molecule has 0 radical (unpaired) electrons. The summed E-state index contributed by atoms with van der Waals surface area (Å²) in [6, 6.07) is 1.81. The first-order valence-electron chi connectivity index (χ1n) is 5.62. The Balaban J connectivity index is 3.35. The molecule has 0 bridgehead atoms. The molecule has 1 rings (SSSR count). The van der Waals surface area contributed by atoms with Crippen molar-refractivity contribution < 1.29 is 9.53 Å². The molecule has 0 aliphatic heterocycles. The van der Waals surface area contributed by atoms with Gasteiger partial charge in [0.05, 0.1) is 12.2 Å². The third-order valence-corrected chi connectivity index (χ3v) is 3.12. The van der Waals surface area contributed by atoms with Gasteiger partial charge in [0.25, 0.3) is 0 Å². The molecule has 1 aromatic rings. The van der Waals surface area contributed by atoms with Crippen LogP contribution in [0.5, 0.6) is 5.75 Å². The number of hydrogen-bond donors (Lipinski definition) is 0. The highest BCUT2D eigenvalue weighted by Gasteiger charge is 2.17. The predicted molar refractivity (Wildman–Crippen MR) is 71.2 cm³/mol. The minimum absolute atomic E-state index is 0.157. The van der Waals surface area contributed by atoms with E-state index in [1.807, 2.05) is 26.8 Å². The number of carbonyl (C=O) groups excluding carboxylic acids is 1. The maximum absolute atomic E-state index is 11.8. The highest BCUT2D eigenvalue weighted by Crippen LogP contribution is 2.32. The number of ketones is 1. The molecule has 0 saturated heterocycles. The van der Waals surface area contributed by atoms with E-state index in [0.29, 0.717) is 22.9 Å². The second-order valence-electron chi connectivity index (χ2n) is 3.92. The van der Waals surface area contributed by atoms with Gasteiger partial charge in [-0.1, -0.05) is 25.1 Å². The first kappa shape index (κ1) is 13.8. The number of aryl methyl sites for hydroxylation is 1. The van der Waals surface area contributed by atoms with Crippen molar-refractivity contribution in [2.75, 3.05) is 6.61 Å². The molecule has 0 heterocycles. The van der Waals surface area contributed by atoms with E-state index < -0.39 is 0 Å². The Bertz CT molecular complexity index is 450. The lowest BCUT2D eigenvalue weighted by molar-refractivity contribution is 0.104. The molecule has 3 heteroatoms. The molecule has 0 amide bonds. The van der Waals surface area contributed by atoms with Crippen molar-refractivity contribution in [3.8, 4) is 5.75 Å². The zero-order chi connectivity index (χ0) is 13.0. The van der Waals surface area contributed by atoms with Crippen molar-refractivity contribution in [2.24, 2.45) is 0 Å². The van der Waals surface area contributed by atoms with Crippen LogP contribution in [0.2, 0.25) is 5.02 Å². The van der Waals surface area contributed by atoms with Gasteiger partial charge in [-0.3, -0.25) is 4.79 Å². The lowest BCUT2D eigenvalue weighted by Gasteiger charge is -2.14. The van der Waals surface area contributed by atoms with Crippen LogP contribution >= 0.6 is 11.6 Å². The van der Waals surface area contributed by atoms with Gasteiger partial charge in [0, 0.05) is 5.02 Å². The molecule has 2 nitrogen and oxygen atoms in total. The quantitative estimate of drug-likeness (QED) is 0.582. The number of rotatable bonds is 5. The van der Waals surface area contributed by atoms with Crippen molar-refractivity contribution in [1.29, 1.82) is 0 Å². The predicted octanol–water partition coefficient (Wildman–Crippen LogP) is 4.11. The van der Waals surface area contributed by atoms with Crippen LogP contribution in [-0.2, 0) is 0 Å². The summed E-state index contributed by atoms with van der Waals surface area (Å²) in [5.41, 5.74) is 2.18. The zero-order valence-corrected chi connectivity index (χ0v) is 11.2. The normalized spacial score (nSPS) is 10.1. The fourth-order valence-electron chi connectivity index (χ4n) is 1.66. The lowest BCUT2D eigenvalue weighted by Crippen LogP contribution is -2.06. The minimum Gasteiger partial charge on any atom is -0.493 e. The summed E-state index contributed by atoms with van der Waals surface area (Å²) >= 11 is 6.15. The molecule has 0 fully saturated rings. The SMILES string of the molecule is C=CC(=O)c1c(OCCC)cc(C)c(Cl)c1C. The van der Waals surface area contributed by atoms with Crippen LogP contribution < -0.4 is 4.74 Å². The molecule has 1 aromatic carbocycles. The van der Waals surface area contributed by atoms with Crippen molar-refractivity contribution >= 4 is 17.4 Å². The molecule has 17 heavy (non-hydrogen) atoms. The number of benzene rings is 1. The first-order valence-corrected chi connectivity index (χ1v) is 6.00. The summed E-state index contributed by atoms with van der Waals surface area (Å²) in [5, 5.41) is 0.610. The Morgan fingerprint density at radius 1 is 1.53 bits per heavy atom. The third kappa shape index (κ3) is 2.89. The highest BCUT2D eigenvalue weighted by molar-refractivity contribution is 6.33. The summed E-state index contributed by atoms with van der Waals surface area (Å²) in [6.07, 6.45) is 2.18. The van der Waals surface area contributed by atoms with E-state index in [2.05, 4.69) is 6.58 Å². The highest BCUT2D eigenvalue weighted by atomic mass is 35.5. The number of hydrogen-bond acceptors (Lipinski definition) is 2. The van der Waals surface area contributed by atoms with Gasteiger partial charge >= 0.3 is 0 Å². The number of allylic oxidation sites excluding steroid dienone is 1. The van der Waals surface area contributed by atoms with Crippen LogP contribution in [0.3, 0.4) is 0 Å². The van der Waals surface area contributed by atoms with Crippen LogP contribution in [-0.4, -0.2) is 12.4 Å². The maximum atomic E-state index is 11.8. The second kappa shape index (κ2) is 5.87. The van der Waals surface area contributed by atoms with Crippen LogP contribution in [0.1, 0.15) is 34.8 Å². The Morgan fingerprint density at radius 2 is 2.18 bits per heavy atom. The van der Waals surface area contributed by atoms with Crippen molar-refractivity contribution in [3.05, 3.63) is 40.4 Å². The van der Waals surface area contributed by atoms with Crippen molar-refractivity contribution in [3.63, 3.8) is 0 Å². The van der Waals surface area contributed by atoms with Gasteiger partial charge in [0.2, 0.25) is 0 Å². The van der Waals surface area contributed by atoms with E-state index in [1.165, 1.54) is 6.08 Å². The van der Waals surface area contributed by atoms with Crippen LogP contribution in [0, 0.1) is 13.8 Å². The zero-order valence-electron chi connectivity index (χ0n) is 10.5. The minimum atomic E-state index is -0.157. The molecule has 0 unspecified atom stereocenters. The average Bonchev–Trinajstić information content (AvgIpc) is 2.32. The van der Waals surface area contributed by atoms with Crippen molar-refractivity contribution in [1.82, 2.24) is 0 Å². The summed E-state index contributed by atoms with van der Waals surface area (Å²) in [7, 11) is 0. The van der Waals surface area contributed by atoms with E-state index in [4.69, 9.17) is 16.3 Å². The molecule has 0 N–H and O–H groups in total. The molecular formula is C14H17ClO2. The van der Waals surface area contributed by atoms with Gasteiger partial charge in [0.1, 0.15) is 5.75 Å². The third-order valence-electron chi connectivity index (χ3n) is 2.54. The van der Waals surface area contributed by atoms with Crippen LogP contribution in [0.25, 0.3) is 0 Å². The van der Waals surface area contributed by atoms with Gasteiger partial charge < -0.3 is 4.74 Å². The molecule has 92 valence electrons. The Morgan fingerprint density at radius 3 is 2.71 bits per heavy atom. The van der Waals surface area contributed by atoms with Crippen molar-refractivity contribution in [2.45, 2.75) is 27.2 Å². The smallest absolute Gasteiger partial charge is 0.189 e. The van der Waals surface area contributed by atoms with E-state index in [0.717, 1.165) is 17.5 Å². The molecule has 0 spiro atoms. The molecular weight excluding hydrogens is 236 g/mol. The standard InChI is InChI=1S/C14H17ClO2/c1-5-7-17-12-8-9(3)14(15)10(4)13(12)11(16)6-2/h6,8H,2,5,7H2,1,3-4H3. The second-order valence-corrected chi connectivity index (χ2v) is 4.30. The summed E-state index contributed by atoms with van der Waals surface area (Å²) in [6.45, 7) is 9.83. The summed E-state index contributed by atoms with van der Waals surface area (Å²) in [4.78, 5) is 11.8.